The van der Waals surface area contributed by atoms with E-state index in [1.54, 1.807) is 0 Å². The number of hydrogen-bond acceptors (Lipinski definition) is 5. The second-order valence-electron chi connectivity index (χ2n) is 3.98. The largest absolute Gasteiger partial charge is 0.328 e. The lowest BCUT2D eigenvalue weighted by Gasteiger charge is -2.08. The van der Waals surface area contributed by atoms with Crippen LogP contribution in [0.15, 0.2) is 46.2 Å². The highest BCUT2D eigenvalue weighted by Crippen LogP contribution is 2.18. The van der Waals surface area contributed by atoms with E-state index >= 15 is 0 Å². The Hall–Kier alpha value is -3.10. The zero-order valence-corrected chi connectivity index (χ0v) is 11.3. The van der Waals surface area contributed by atoms with Crippen LogP contribution in [0.1, 0.15) is 11.1 Å². The lowest BCUT2D eigenvalue weighted by Crippen LogP contribution is -2.15. The fraction of sp³-hybridized carbons (Fsp3) is 0. The summed E-state index contributed by atoms with van der Waals surface area (Å²) in [6.45, 7) is 0. The maximum absolute atomic E-state index is 12.1. The molecule has 0 saturated heterocycles. The third-order valence-corrected chi connectivity index (χ3v) is 3.96. The first-order chi connectivity index (χ1) is 9.96. The maximum atomic E-state index is 12.1. The molecule has 0 spiro atoms. The summed E-state index contributed by atoms with van der Waals surface area (Å²) >= 11 is 0. The van der Waals surface area contributed by atoms with Crippen molar-refractivity contribution in [2.24, 2.45) is 0 Å². The minimum absolute atomic E-state index is 0.0687. The predicted octanol–water partition coefficient (Wildman–Crippen LogP) is 0.919. The zero-order valence-electron chi connectivity index (χ0n) is 10.5. The Balaban J connectivity index is 2.38. The Morgan fingerprint density at radius 3 is 2.33 bits per heavy atom. The van der Waals surface area contributed by atoms with Crippen LogP contribution >= 0.6 is 0 Å². The van der Waals surface area contributed by atoms with E-state index in [0.29, 0.717) is 0 Å². The average Bonchev–Trinajstić information content (AvgIpc) is 2.47. The number of nitrogens with one attached hydrogen (secondary N) is 2. The Bertz CT molecular complexity index is 913. The van der Waals surface area contributed by atoms with E-state index in [9.17, 15) is 13.2 Å². The van der Waals surface area contributed by atoms with Crippen molar-refractivity contribution in [2.45, 2.75) is 4.90 Å². The van der Waals surface area contributed by atoms with Gasteiger partial charge in [-0.2, -0.15) is 10.5 Å². The molecular weight excluding hydrogens is 292 g/mol. The Morgan fingerprint density at radius 1 is 1.05 bits per heavy atom. The zero-order chi connectivity index (χ0) is 15.5. The minimum Gasteiger partial charge on any atom is -0.328 e. The fourth-order valence-electron chi connectivity index (χ4n) is 1.58. The van der Waals surface area contributed by atoms with Crippen molar-refractivity contribution in [3.05, 3.63) is 58.0 Å². The highest BCUT2D eigenvalue weighted by atomic mass is 32.2. The molecule has 104 valence electrons. The third-order valence-electron chi connectivity index (χ3n) is 2.58. The molecule has 2 rings (SSSR count). The lowest BCUT2D eigenvalue weighted by molar-refractivity contribution is 0.600. The SMILES string of the molecule is N#Cc1ccc(NS(=O)(=O)c2ccc(=O)[nH]c2)cc1C#N. The molecule has 0 radical (unpaired) electrons. The van der Waals surface area contributed by atoms with Gasteiger partial charge in [0.25, 0.3) is 10.0 Å². The van der Waals surface area contributed by atoms with Crippen LogP contribution in [0.5, 0.6) is 0 Å². The molecule has 8 heteroatoms. The Kier molecular flexibility index (Phi) is 3.74. The maximum Gasteiger partial charge on any atom is 0.263 e. The molecule has 0 saturated carbocycles. The summed E-state index contributed by atoms with van der Waals surface area (Å²) < 4.78 is 26.4. The van der Waals surface area contributed by atoms with Crippen molar-refractivity contribution >= 4 is 15.7 Å². The van der Waals surface area contributed by atoms with E-state index in [-0.39, 0.29) is 21.7 Å². The van der Waals surface area contributed by atoms with E-state index in [1.807, 2.05) is 12.1 Å². The van der Waals surface area contributed by atoms with Crippen LogP contribution in [-0.4, -0.2) is 13.4 Å². The van der Waals surface area contributed by atoms with Crippen molar-refractivity contribution in [3.63, 3.8) is 0 Å². The molecule has 0 atom stereocenters. The van der Waals surface area contributed by atoms with Crippen LogP contribution in [0.3, 0.4) is 0 Å². The molecule has 2 aromatic rings. The van der Waals surface area contributed by atoms with Crippen LogP contribution in [-0.2, 0) is 10.0 Å². The molecule has 2 N–H and O–H groups in total. The normalized spacial score (nSPS) is 10.4. The molecule has 0 bridgehead atoms. The van der Waals surface area contributed by atoms with Crippen molar-refractivity contribution in [1.29, 1.82) is 10.5 Å². The molecule has 1 heterocycles. The minimum atomic E-state index is -3.89. The summed E-state index contributed by atoms with van der Waals surface area (Å²) in [7, 11) is -3.89. The van der Waals surface area contributed by atoms with Gasteiger partial charge >= 0.3 is 0 Å². The predicted molar refractivity (Wildman–Crippen MR) is 73.7 cm³/mol. The van der Waals surface area contributed by atoms with E-state index in [1.165, 1.54) is 18.2 Å². The summed E-state index contributed by atoms with van der Waals surface area (Å²) in [5.74, 6) is 0. The van der Waals surface area contributed by atoms with Gasteiger partial charge < -0.3 is 4.98 Å². The van der Waals surface area contributed by atoms with E-state index in [2.05, 4.69) is 9.71 Å². The number of pyridine rings is 1. The average molecular weight is 300 g/mol. The molecule has 21 heavy (non-hydrogen) atoms. The van der Waals surface area contributed by atoms with Crippen LogP contribution in [0.4, 0.5) is 5.69 Å². The van der Waals surface area contributed by atoms with Gasteiger partial charge in [0.05, 0.1) is 16.8 Å². The van der Waals surface area contributed by atoms with Crippen LogP contribution in [0.25, 0.3) is 0 Å². The van der Waals surface area contributed by atoms with E-state index < -0.39 is 15.6 Å². The summed E-state index contributed by atoms with van der Waals surface area (Å²) in [5, 5.41) is 17.7. The van der Waals surface area contributed by atoms with Crippen molar-refractivity contribution in [2.75, 3.05) is 4.72 Å². The highest BCUT2D eigenvalue weighted by molar-refractivity contribution is 7.92. The number of hydrogen-bond donors (Lipinski definition) is 2. The quantitative estimate of drug-likeness (QED) is 0.871. The number of nitrogens with zero attached hydrogens (tertiary/aromatic N) is 2. The van der Waals surface area contributed by atoms with Crippen LogP contribution in [0.2, 0.25) is 0 Å². The Morgan fingerprint density at radius 2 is 1.76 bits per heavy atom. The summed E-state index contributed by atoms with van der Waals surface area (Å²) in [6.07, 6.45) is 1.07. The Labute approximate surface area is 120 Å². The van der Waals surface area contributed by atoms with E-state index in [0.717, 1.165) is 18.3 Å². The first-order valence-electron chi connectivity index (χ1n) is 5.62. The fourth-order valence-corrected chi connectivity index (χ4v) is 2.59. The van der Waals surface area contributed by atoms with Crippen LogP contribution < -0.4 is 10.3 Å². The summed E-state index contributed by atoms with van der Waals surface area (Å²) in [5.41, 5.74) is -0.0421. The summed E-state index contributed by atoms with van der Waals surface area (Å²) in [4.78, 5) is 13.1. The van der Waals surface area contributed by atoms with Gasteiger partial charge in [-0.3, -0.25) is 9.52 Å². The molecule has 1 aromatic heterocycles. The van der Waals surface area contributed by atoms with Crippen molar-refractivity contribution in [1.82, 2.24) is 4.98 Å². The van der Waals surface area contributed by atoms with Gasteiger partial charge in [-0.05, 0) is 24.3 Å². The molecule has 0 aliphatic carbocycles. The molecule has 0 aliphatic rings. The number of H-pyrrole nitrogens is 1. The van der Waals surface area contributed by atoms with Gasteiger partial charge in [0, 0.05) is 12.3 Å². The topological polar surface area (TPSA) is 127 Å². The monoisotopic (exact) mass is 300 g/mol. The first-order valence-corrected chi connectivity index (χ1v) is 7.10. The van der Waals surface area contributed by atoms with Gasteiger partial charge in [0.15, 0.2) is 0 Å². The first kappa shape index (κ1) is 14.3. The van der Waals surface area contributed by atoms with Crippen LogP contribution in [0, 0.1) is 22.7 Å². The molecule has 0 fully saturated rings. The number of rotatable bonds is 3. The second-order valence-corrected chi connectivity index (χ2v) is 5.66. The third kappa shape index (κ3) is 3.08. The molecular formula is C13H8N4O3S. The number of sulfonamides is 1. The molecule has 0 aliphatic heterocycles. The molecule has 7 nitrogen and oxygen atoms in total. The molecule has 1 aromatic carbocycles. The number of anilines is 1. The standard InChI is InChI=1S/C13H8N4O3S/c14-6-9-1-2-11(5-10(9)7-15)17-21(19,20)12-3-4-13(18)16-8-12/h1-5,8,17H,(H,16,18). The molecule has 0 unspecified atom stereocenters. The van der Waals surface area contributed by atoms with Gasteiger partial charge in [0.1, 0.15) is 17.0 Å². The number of benzene rings is 1. The smallest absolute Gasteiger partial charge is 0.263 e. The number of aromatic amines is 1. The summed E-state index contributed by atoms with van der Waals surface area (Å²) in [6, 6.07) is 9.90. The number of nitriles is 2. The van der Waals surface area contributed by atoms with E-state index in [4.69, 9.17) is 10.5 Å². The molecule has 0 amide bonds. The number of aromatic nitrogens is 1. The van der Waals surface area contributed by atoms with Gasteiger partial charge in [-0.15, -0.1) is 0 Å². The van der Waals surface area contributed by atoms with Gasteiger partial charge in [-0.25, -0.2) is 8.42 Å². The highest BCUT2D eigenvalue weighted by Gasteiger charge is 2.15. The van der Waals surface area contributed by atoms with Gasteiger partial charge in [0.2, 0.25) is 5.56 Å². The second kappa shape index (κ2) is 5.49. The van der Waals surface area contributed by atoms with Crippen molar-refractivity contribution < 1.29 is 8.42 Å². The van der Waals surface area contributed by atoms with Crippen molar-refractivity contribution in [3.8, 4) is 12.1 Å². The van der Waals surface area contributed by atoms with Gasteiger partial charge in [-0.1, -0.05) is 0 Å². The lowest BCUT2D eigenvalue weighted by atomic mass is 10.1.